The summed E-state index contributed by atoms with van der Waals surface area (Å²) in [4.78, 5) is 17.1. The van der Waals surface area contributed by atoms with Gasteiger partial charge in [0.25, 0.3) is 5.91 Å². The van der Waals surface area contributed by atoms with Crippen molar-refractivity contribution in [2.45, 2.75) is 27.2 Å². The summed E-state index contributed by atoms with van der Waals surface area (Å²) in [5.74, 6) is 0.131. The van der Waals surface area contributed by atoms with E-state index in [-0.39, 0.29) is 5.91 Å². The number of hydrogen-bond acceptors (Lipinski definition) is 3. The average Bonchev–Trinajstić information content (AvgIpc) is 2.94. The van der Waals surface area contributed by atoms with Crippen molar-refractivity contribution in [2.75, 3.05) is 32.7 Å². The highest BCUT2D eigenvalue weighted by molar-refractivity contribution is 5.94. The van der Waals surface area contributed by atoms with Gasteiger partial charge >= 0.3 is 0 Å². The smallest absolute Gasteiger partial charge is 0.253 e. The Morgan fingerprint density at radius 3 is 2.29 bits per heavy atom. The van der Waals surface area contributed by atoms with Gasteiger partial charge < -0.3 is 4.90 Å². The number of carbonyl (C=O) groups excluding carboxylic acids is 1. The van der Waals surface area contributed by atoms with E-state index >= 15 is 0 Å². The van der Waals surface area contributed by atoms with Crippen LogP contribution in [0.3, 0.4) is 0 Å². The van der Waals surface area contributed by atoms with Crippen LogP contribution in [-0.2, 0) is 0 Å². The second-order valence-electron chi connectivity index (χ2n) is 6.52. The zero-order valence-electron chi connectivity index (χ0n) is 14.8. The summed E-state index contributed by atoms with van der Waals surface area (Å²) in [5.41, 5.74) is 3.84. The maximum atomic E-state index is 12.7. The summed E-state index contributed by atoms with van der Waals surface area (Å²) in [5, 5.41) is 4.49. The molecule has 2 aromatic rings. The molecule has 0 aliphatic carbocycles. The third kappa shape index (κ3) is 3.51. The number of amides is 1. The average molecular weight is 326 g/mol. The molecule has 0 saturated carbocycles. The zero-order chi connectivity index (χ0) is 17.1. The molecule has 1 aromatic carbocycles. The van der Waals surface area contributed by atoms with Crippen molar-refractivity contribution in [1.29, 1.82) is 0 Å². The number of benzene rings is 1. The van der Waals surface area contributed by atoms with E-state index in [9.17, 15) is 4.79 Å². The molecule has 5 heteroatoms. The molecule has 1 fully saturated rings. The van der Waals surface area contributed by atoms with Crippen molar-refractivity contribution in [3.63, 3.8) is 0 Å². The van der Waals surface area contributed by atoms with Crippen LogP contribution in [0.5, 0.6) is 0 Å². The van der Waals surface area contributed by atoms with Crippen LogP contribution in [0.25, 0.3) is 5.69 Å². The fourth-order valence-corrected chi connectivity index (χ4v) is 3.31. The molecule has 0 atom stereocenters. The molecule has 5 nitrogen and oxygen atoms in total. The van der Waals surface area contributed by atoms with Gasteiger partial charge in [-0.2, -0.15) is 5.10 Å². The standard InChI is InChI=1S/C19H26N4O/c1-4-9-21-10-12-22(13-11-21)19(24)17-5-7-18(8-6-17)23-16(3)14-15(2)20-23/h5-8,14H,4,9-13H2,1-3H3. The first-order valence-electron chi connectivity index (χ1n) is 8.74. The third-order valence-electron chi connectivity index (χ3n) is 4.57. The summed E-state index contributed by atoms with van der Waals surface area (Å²) in [6, 6.07) is 9.81. The topological polar surface area (TPSA) is 41.4 Å². The van der Waals surface area contributed by atoms with Crippen LogP contribution in [-0.4, -0.2) is 58.2 Å². The molecule has 0 spiro atoms. The quantitative estimate of drug-likeness (QED) is 0.867. The first-order chi connectivity index (χ1) is 11.6. The predicted octanol–water partition coefficient (Wildman–Crippen LogP) is 2.66. The molecular weight excluding hydrogens is 300 g/mol. The van der Waals surface area contributed by atoms with Gasteiger partial charge in [0.15, 0.2) is 0 Å². The molecule has 128 valence electrons. The number of carbonyl (C=O) groups is 1. The number of aromatic nitrogens is 2. The molecule has 1 aromatic heterocycles. The van der Waals surface area contributed by atoms with Crippen LogP contribution in [0.15, 0.2) is 30.3 Å². The lowest BCUT2D eigenvalue weighted by Gasteiger charge is -2.34. The first kappa shape index (κ1) is 16.7. The molecule has 1 saturated heterocycles. The van der Waals surface area contributed by atoms with E-state index in [0.29, 0.717) is 0 Å². The molecule has 24 heavy (non-hydrogen) atoms. The van der Waals surface area contributed by atoms with Gasteiger partial charge in [-0.15, -0.1) is 0 Å². The number of rotatable bonds is 4. The lowest BCUT2D eigenvalue weighted by molar-refractivity contribution is 0.0637. The molecule has 0 N–H and O–H groups in total. The number of piperazine rings is 1. The Bertz CT molecular complexity index is 697. The van der Waals surface area contributed by atoms with Crippen LogP contribution in [0.1, 0.15) is 35.1 Å². The largest absolute Gasteiger partial charge is 0.336 e. The van der Waals surface area contributed by atoms with Gasteiger partial charge in [-0.05, 0) is 57.1 Å². The molecule has 0 unspecified atom stereocenters. The summed E-state index contributed by atoms with van der Waals surface area (Å²) in [6.07, 6.45) is 1.17. The number of nitrogens with zero attached hydrogens (tertiary/aromatic N) is 4. The molecule has 1 aliphatic rings. The Morgan fingerprint density at radius 2 is 1.75 bits per heavy atom. The van der Waals surface area contributed by atoms with Crippen LogP contribution in [0.2, 0.25) is 0 Å². The lowest BCUT2D eigenvalue weighted by atomic mass is 10.1. The van der Waals surface area contributed by atoms with Crippen molar-refractivity contribution in [1.82, 2.24) is 19.6 Å². The van der Waals surface area contributed by atoms with Gasteiger partial charge in [0.05, 0.1) is 11.4 Å². The van der Waals surface area contributed by atoms with E-state index in [0.717, 1.165) is 55.4 Å². The highest BCUT2D eigenvalue weighted by atomic mass is 16.2. The van der Waals surface area contributed by atoms with Gasteiger partial charge in [-0.25, -0.2) is 4.68 Å². The number of aryl methyl sites for hydroxylation is 2. The van der Waals surface area contributed by atoms with E-state index in [1.165, 1.54) is 6.42 Å². The van der Waals surface area contributed by atoms with Crippen molar-refractivity contribution >= 4 is 5.91 Å². The van der Waals surface area contributed by atoms with Crippen molar-refractivity contribution in [3.05, 3.63) is 47.3 Å². The molecule has 1 amide bonds. The van der Waals surface area contributed by atoms with Gasteiger partial charge in [0.1, 0.15) is 0 Å². The minimum atomic E-state index is 0.131. The second kappa shape index (κ2) is 7.18. The SMILES string of the molecule is CCCN1CCN(C(=O)c2ccc(-n3nc(C)cc3C)cc2)CC1. The monoisotopic (exact) mass is 326 g/mol. The summed E-state index contributed by atoms with van der Waals surface area (Å²) in [6.45, 7) is 10.9. The summed E-state index contributed by atoms with van der Waals surface area (Å²) < 4.78 is 1.91. The van der Waals surface area contributed by atoms with Gasteiger partial charge in [0, 0.05) is 37.4 Å². The van der Waals surface area contributed by atoms with Crippen LogP contribution < -0.4 is 0 Å². The lowest BCUT2D eigenvalue weighted by Crippen LogP contribution is -2.48. The Morgan fingerprint density at radius 1 is 1.08 bits per heavy atom. The Kier molecular flexibility index (Phi) is 5.00. The Balaban J connectivity index is 1.67. The summed E-state index contributed by atoms with van der Waals surface area (Å²) >= 11 is 0. The molecule has 3 rings (SSSR count). The maximum Gasteiger partial charge on any atom is 0.253 e. The predicted molar refractivity (Wildman–Crippen MR) is 95.7 cm³/mol. The van der Waals surface area contributed by atoms with Crippen LogP contribution in [0, 0.1) is 13.8 Å². The van der Waals surface area contributed by atoms with E-state index in [2.05, 4.69) is 23.0 Å². The second-order valence-corrected chi connectivity index (χ2v) is 6.52. The van der Waals surface area contributed by atoms with Gasteiger partial charge in [-0.3, -0.25) is 9.69 Å². The fraction of sp³-hybridized carbons (Fsp3) is 0.474. The minimum absolute atomic E-state index is 0.131. The molecule has 1 aliphatic heterocycles. The van der Waals surface area contributed by atoms with E-state index in [1.54, 1.807) is 0 Å². The highest BCUT2D eigenvalue weighted by Gasteiger charge is 2.21. The zero-order valence-corrected chi connectivity index (χ0v) is 14.8. The van der Waals surface area contributed by atoms with Crippen LogP contribution in [0.4, 0.5) is 0 Å². The molecular formula is C19H26N4O. The number of hydrogen-bond donors (Lipinski definition) is 0. The minimum Gasteiger partial charge on any atom is -0.336 e. The fourth-order valence-electron chi connectivity index (χ4n) is 3.31. The van der Waals surface area contributed by atoms with Crippen molar-refractivity contribution < 1.29 is 4.79 Å². The van der Waals surface area contributed by atoms with Crippen molar-refractivity contribution in [2.24, 2.45) is 0 Å². The molecule has 0 radical (unpaired) electrons. The van der Waals surface area contributed by atoms with Crippen molar-refractivity contribution in [3.8, 4) is 5.69 Å². The normalized spacial score (nSPS) is 15.7. The van der Waals surface area contributed by atoms with E-state index in [4.69, 9.17) is 0 Å². The third-order valence-corrected chi connectivity index (χ3v) is 4.57. The highest BCUT2D eigenvalue weighted by Crippen LogP contribution is 2.15. The molecule has 2 heterocycles. The molecule has 0 bridgehead atoms. The maximum absolute atomic E-state index is 12.7. The van der Waals surface area contributed by atoms with E-state index < -0.39 is 0 Å². The van der Waals surface area contributed by atoms with Gasteiger partial charge in [-0.1, -0.05) is 6.92 Å². The van der Waals surface area contributed by atoms with E-state index in [1.807, 2.05) is 47.7 Å². The van der Waals surface area contributed by atoms with Crippen LogP contribution >= 0.6 is 0 Å². The Hall–Kier alpha value is -2.14. The first-order valence-corrected chi connectivity index (χ1v) is 8.74. The Labute approximate surface area is 143 Å². The van der Waals surface area contributed by atoms with Gasteiger partial charge in [0.2, 0.25) is 0 Å². The summed E-state index contributed by atoms with van der Waals surface area (Å²) in [7, 11) is 0.